The number of imidazole rings is 1. The predicted octanol–water partition coefficient (Wildman–Crippen LogP) is 5.05. The van der Waals surface area contributed by atoms with E-state index in [4.69, 9.17) is 32.9 Å². The minimum absolute atomic E-state index is 0.279. The van der Waals surface area contributed by atoms with E-state index in [1.54, 1.807) is 60.8 Å². The van der Waals surface area contributed by atoms with E-state index in [-0.39, 0.29) is 5.15 Å². The second-order valence-corrected chi connectivity index (χ2v) is 10.1. The maximum atomic E-state index is 13.3. The van der Waals surface area contributed by atoms with Gasteiger partial charge >= 0.3 is 6.09 Å². The fraction of sp³-hybridized carbons (Fsp3) is 0.138. The molecule has 0 saturated carbocycles. The summed E-state index contributed by atoms with van der Waals surface area (Å²) < 4.78 is 11.3. The fourth-order valence-electron chi connectivity index (χ4n) is 4.23. The molecule has 0 aliphatic rings. The Hall–Kier alpha value is -5.27. The number of tetrazole rings is 1. The van der Waals surface area contributed by atoms with Crippen molar-refractivity contribution in [2.45, 2.75) is 12.5 Å². The van der Waals surface area contributed by atoms with Gasteiger partial charge in [0.15, 0.2) is 0 Å². The number of methoxy groups -OCH3 is 2. The highest BCUT2D eigenvalue weighted by molar-refractivity contribution is 6.32. The summed E-state index contributed by atoms with van der Waals surface area (Å²) in [7, 11) is 2.82. The fourth-order valence-corrected chi connectivity index (χ4v) is 4.66. The third-order valence-corrected chi connectivity index (χ3v) is 6.87. The van der Waals surface area contributed by atoms with Crippen molar-refractivity contribution in [3.05, 3.63) is 100 Å². The Morgan fingerprint density at radius 1 is 1.09 bits per heavy atom. The molecule has 15 heteroatoms. The first-order chi connectivity index (χ1) is 21.3. The first-order valence-corrected chi connectivity index (χ1v) is 13.8. The first kappa shape index (κ1) is 30.2. The van der Waals surface area contributed by atoms with Gasteiger partial charge < -0.3 is 19.8 Å². The zero-order valence-corrected chi connectivity index (χ0v) is 24.9. The Balaban J connectivity index is 1.41. The van der Waals surface area contributed by atoms with Crippen molar-refractivity contribution in [2.24, 2.45) is 0 Å². The number of pyridine rings is 1. The molecule has 1 atom stereocenters. The number of amides is 2. The molecule has 0 radical (unpaired) electrons. The highest BCUT2D eigenvalue weighted by Crippen LogP contribution is 2.30. The molecule has 0 bridgehead atoms. The summed E-state index contributed by atoms with van der Waals surface area (Å²) >= 11 is 12.8. The molecule has 0 saturated heterocycles. The lowest BCUT2D eigenvalue weighted by atomic mass is 10.1. The summed E-state index contributed by atoms with van der Waals surface area (Å²) in [6.45, 7) is 0. The number of hydrogen-bond donors (Lipinski definition) is 3. The topological polar surface area (TPSA) is 162 Å². The van der Waals surface area contributed by atoms with Crippen LogP contribution in [0, 0.1) is 0 Å². The summed E-state index contributed by atoms with van der Waals surface area (Å²) in [5, 5.41) is 17.6. The zero-order chi connectivity index (χ0) is 31.1. The van der Waals surface area contributed by atoms with Crippen molar-refractivity contribution in [3.8, 4) is 22.8 Å². The van der Waals surface area contributed by atoms with Crippen LogP contribution in [0.4, 0.5) is 10.5 Å². The molecule has 2 aromatic carbocycles. The van der Waals surface area contributed by atoms with Gasteiger partial charge in [-0.3, -0.25) is 10.1 Å². The Labute approximate surface area is 261 Å². The molecule has 0 unspecified atom stereocenters. The molecule has 3 N–H and O–H groups in total. The number of hydrogen-bond acceptors (Lipinski definition) is 9. The van der Waals surface area contributed by atoms with Gasteiger partial charge in [-0.2, -0.15) is 4.68 Å². The van der Waals surface area contributed by atoms with Gasteiger partial charge in [0.05, 0.1) is 25.9 Å². The molecule has 13 nitrogen and oxygen atoms in total. The molecule has 5 aromatic rings. The number of anilines is 1. The van der Waals surface area contributed by atoms with Crippen molar-refractivity contribution >= 4 is 47.0 Å². The summed E-state index contributed by atoms with van der Waals surface area (Å²) in [5.74, 6) is 0.494. The van der Waals surface area contributed by atoms with Crippen LogP contribution in [-0.2, 0) is 16.0 Å². The van der Waals surface area contributed by atoms with Gasteiger partial charge in [0, 0.05) is 46.6 Å². The minimum Gasteiger partial charge on any atom is -0.481 e. The zero-order valence-electron chi connectivity index (χ0n) is 23.4. The molecule has 2 amide bonds. The van der Waals surface area contributed by atoms with Gasteiger partial charge in [0.2, 0.25) is 11.8 Å². The van der Waals surface area contributed by atoms with Gasteiger partial charge in [0.1, 0.15) is 23.0 Å². The van der Waals surface area contributed by atoms with Crippen LogP contribution in [0.25, 0.3) is 23.0 Å². The summed E-state index contributed by atoms with van der Waals surface area (Å²) in [4.78, 5) is 36.9. The number of aromatic nitrogens is 7. The highest BCUT2D eigenvalue weighted by atomic mass is 35.5. The third kappa shape index (κ3) is 7.38. The van der Waals surface area contributed by atoms with Crippen LogP contribution in [-0.4, -0.2) is 61.4 Å². The van der Waals surface area contributed by atoms with E-state index in [1.165, 1.54) is 31.3 Å². The standard InChI is InChI=1S/C29H25Cl2N9O4/c1-43-25-12-3-17(15-32-25)13-22(28-36-26(27(31)37-28)18-4-8-21(9-5-18)34-29(42)44-2)35-24(41)11-6-19-14-20(30)7-10-23(19)40-16-33-38-39-40/h3-12,14-16,22H,13H2,1-2H3,(H,34,42)(H,35,41)(H,36,37)/b11-6+/t22-/m0/s1. The summed E-state index contributed by atoms with van der Waals surface area (Å²) in [6, 6.07) is 15.0. The Morgan fingerprint density at radius 2 is 1.91 bits per heavy atom. The Bertz CT molecular complexity index is 1770. The first-order valence-electron chi connectivity index (χ1n) is 13.0. The molecule has 0 spiro atoms. The van der Waals surface area contributed by atoms with Crippen molar-refractivity contribution in [1.29, 1.82) is 0 Å². The van der Waals surface area contributed by atoms with Crippen molar-refractivity contribution in [2.75, 3.05) is 19.5 Å². The number of ether oxygens (including phenoxy) is 2. The van der Waals surface area contributed by atoms with E-state index in [0.717, 1.165) is 5.56 Å². The lowest BCUT2D eigenvalue weighted by Gasteiger charge is -2.16. The average Bonchev–Trinajstić information content (AvgIpc) is 3.71. The van der Waals surface area contributed by atoms with E-state index in [2.05, 4.69) is 40.9 Å². The third-order valence-electron chi connectivity index (χ3n) is 6.36. The van der Waals surface area contributed by atoms with Gasteiger partial charge in [-0.15, -0.1) is 5.10 Å². The van der Waals surface area contributed by atoms with E-state index in [0.29, 0.717) is 51.3 Å². The van der Waals surface area contributed by atoms with Crippen LogP contribution in [0.5, 0.6) is 5.88 Å². The number of carbonyl (C=O) groups is 2. The van der Waals surface area contributed by atoms with Crippen molar-refractivity contribution in [3.63, 3.8) is 0 Å². The van der Waals surface area contributed by atoms with E-state index >= 15 is 0 Å². The largest absolute Gasteiger partial charge is 0.481 e. The molecule has 44 heavy (non-hydrogen) atoms. The second kappa shape index (κ2) is 13.8. The number of benzene rings is 2. The maximum Gasteiger partial charge on any atom is 0.411 e. The number of carbonyl (C=O) groups excluding carboxylic acids is 2. The van der Waals surface area contributed by atoms with Crippen LogP contribution in [0.1, 0.15) is 23.0 Å². The molecule has 0 fully saturated rings. The van der Waals surface area contributed by atoms with Crippen LogP contribution in [0.2, 0.25) is 10.2 Å². The minimum atomic E-state index is -0.618. The Morgan fingerprint density at radius 3 is 2.59 bits per heavy atom. The SMILES string of the molecule is COC(=O)Nc1ccc(-c2nc([C@H](Cc3ccc(OC)nc3)NC(=O)/C=C/c3cc(Cl)ccc3-n3cnnn3)[nH]c2Cl)cc1. The Kier molecular flexibility index (Phi) is 9.47. The number of nitrogens with zero attached hydrogens (tertiary/aromatic N) is 6. The molecule has 3 heterocycles. The quantitative estimate of drug-likeness (QED) is 0.179. The summed E-state index contributed by atoms with van der Waals surface area (Å²) in [5.41, 5.74) is 3.80. The van der Waals surface area contributed by atoms with Gasteiger partial charge in [-0.1, -0.05) is 41.4 Å². The van der Waals surface area contributed by atoms with E-state index < -0.39 is 18.0 Å². The molecule has 224 valence electrons. The van der Waals surface area contributed by atoms with E-state index in [9.17, 15) is 9.59 Å². The molecule has 3 aromatic heterocycles. The van der Waals surface area contributed by atoms with Gasteiger partial charge in [-0.25, -0.2) is 14.8 Å². The van der Waals surface area contributed by atoms with Crippen LogP contribution in [0.3, 0.4) is 0 Å². The number of H-pyrrole nitrogens is 1. The van der Waals surface area contributed by atoms with Gasteiger partial charge in [0.25, 0.3) is 0 Å². The molecular formula is C29H25Cl2N9O4. The number of halogens is 2. The monoisotopic (exact) mass is 633 g/mol. The second-order valence-electron chi connectivity index (χ2n) is 9.24. The number of aromatic amines is 1. The van der Waals surface area contributed by atoms with E-state index in [1.807, 2.05) is 6.07 Å². The number of nitrogens with one attached hydrogen (secondary N) is 3. The normalized spacial score (nSPS) is 11.7. The maximum absolute atomic E-state index is 13.3. The lowest BCUT2D eigenvalue weighted by molar-refractivity contribution is -0.117. The predicted molar refractivity (Wildman–Crippen MR) is 164 cm³/mol. The van der Waals surface area contributed by atoms with Crippen molar-refractivity contribution < 1.29 is 19.1 Å². The molecular weight excluding hydrogens is 609 g/mol. The smallest absolute Gasteiger partial charge is 0.411 e. The molecule has 5 rings (SSSR count). The highest BCUT2D eigenvalue weighted by Gasteiger charge is 2.21. The molecule has 0 aliphatic heterocycles. The average molecular weight is 634 g/mol. The lowest BCUT2D eigenvalue weighted by Crippen LogP contribution is -2.29. The van der Waals surface area contributed by atoms with Crippen LogP contribution < -0.4 is 15.4 Å². The molecule has 0 aliphatic carbocycles. The van der Waals surface area contributed by atoms with Crippen molar-refractivity contribution in [1.82, 2.24) is 40.5 Å². The van der Waals surface area contributed by atoms with Crippen LogP contribution in [0.15, 0.2) is 73.2 Å². The number of rotatable bonds is 10. The summed E-state index contributed by atoms with van der Waals surface area (Å²) in [6.07, 6.45) is 5.87. The van der Waals surface area contributed by atoms with Gasteiger partial charge in [-0.05, 0) is 52.4 Å². The van der Waals surface area contributed by atoms with Crippen LogP contribution >= 0.6 is 23.2 Å².